The van der Waals surface area contributed by atoms with Crippen molar-refractivity contribution in [2.75, 3.05) is 13.1 Å². The van der Waals surface area contributed by atoms with E-state index in [4.69, 9.17) is 4.52 Å². The number of amides is 1. The predicted molar refractivity (Wildman–Crippen MR) is 104 cm³/mol. The van der Waals surface area contributed by atoms with Gasteiger partial charge in [-0.2, -0.15) is 18.2 Å². The lowest BCUT2D eigenvalue weighted by molar-refractivity contribution is -0.137. The third-order valence-electron chi connectivity index (χ3n) is 5.29. The van der Waals surface area contributed by atoms with Crippen LogP contribution in [-0.2, 0) is 6.18 Å². The number of piperidine rings is 1. The zero-order chi connectivity index (χ0) is 21.3. The van der Waals surface area contributed by atoms with E-state index < -0.39 is 17.6 Å². The first-order valence-corrected chi connectivity index (χ1v) is 9.68. The average molecular weight is 415 g/mol. The second-order valence-electron chi connectivity index (χ2n) is 7.47. The summed E-state index contributed by atoms with van der Waals surface area (Å²) >= 11 is 0. The third-order valence-corrected chi connectivity index (χ3v) is 5.29. The number of hydrogen-bond acceptors (Lipinski definition) is 4. The van der Waals surface area contributed by atoms with Crippen LogP contribution >= 0.6 is 0 Å². The van der Waals surface area contributed by atoms with Crippen molar-refractivity contribution in [3.8, 4) is 11.4 Å². The fourth-order valence-corrected chi connectivity index (χ4v) is 3.64. The Labute approximate surface area is 171 Å². The third kappa shape index (κ3) is 4.22. The van der Waals surface area contributed by atoms with Crippen molar-refractivity contribution in [1.29, 1.82) is 0 Å². The standard InChI is InChI=1S/C22H20F3N3O2/c1-14-4-2-5-16(12-14)19-26-20(30-27-19)15-8-10-28(11-9-15)21(29)17-6-3-7-18(13-17)22(23,24)25/h2-7,12-13,15H,8-11H2,1H3. The summed E-state index contributed by atoms with van der Waals surface area (Å²) in [5.74, 6) is 0.668. The Morgan fingerprint density at radius 1 is 1.10 bits per heavy atom. The van der Waals surface area contributed by atoms with E-state index in [0.29, 0.717) is 37.6 Å². The molecule has 156 valence electrons. The number of likely N-dealkylation sites (tertiary alicyclic amines) is 1. The summed E-state index contributed by atoms with van der Waals surface area (Å²) in [6, 6.07) is 12.3. The number of aryl methyl sites for hydroxylation is 1. The van der Waals surface area contributed by atoms with Crippen molar-refractivity contribution >= 4 is 5.91 Å². The van der Waals surface area contributed by atoms with Gasteiger partial charge in [0.1, 0.15) is 0 Å². The van der Waals surface area contributed by atoms with Crippen LogP contribution in [0.5, 0.6) is 0 Å². The first-order valence-electron chi connectivity index (χ1n) is 9.68. The fourth-order valence-electron chi connectivity index (χ4n) is 3.64. The summed E-state index contributed by atoms with van der Waals surface area (Å²) in [4.78, 5) is 18.7. The van der Waals surface area contributed by atoms with Gasteiger partial charge in [-0.1, -0.05) is 35.0 Å². The number of halogens is 3. The van der Waals surface area contributed by atoms with E-state index in [0.717, 1.165) is 23.3 Å². The Morgan fingerprint density at radius 2 is 1.83 bits per heavy atom. The summed E-state index contributed by atoms with van der Waals surface area (Å²) in [5.41, 5.74) is 1.20. The lowest BCUT2D eigenvalue weighted by Crippen LogP contribution is -2.38. The van der Waals surface area contributed by atoms with Crippen LogP contribution in [-0.4, -0.2) is 34.0 Å². The predicted octanol–water partition coefficient (Wildman–Crippen LogP) is 5.08. The van der Waals surface area contributed by atoms with Crippen LogP contribution in [0.25, 0.3) is 11.4 Å². The largest absolute Gasteiger partial charge is 0.416 e. The van der Waals surface area contributed by atoms with Crippen molar-refractivity contribution in [1.82, 2.24) is 15.0 Å². The van der Waals surface area contributed by atoms with E-state index in [1.807, 2.05) is 31.2 Å². The van der Waals surface area contributed by atoms with Crippen LogP contribution in [0.15, 0.2) is 53.1 Å². The van der Waals surface area contributed by atoms with Crippen molar-refractivity contribution in [2.45, 2.75) is 31.9 Å². The molecule has 1 amide bonds. The minimum absolute atomic E-state index is 0.0154. The van der Waals surface area contributed by atoms with Gasteiger partial charge in [-0.3, -0.25) is 4.79 Å². The van der Waals surface area contributed by atoms with Crippen LogP contribution in [0.3, 0.4) is 0 Å². The van der Waals surface area contributed by atoms with E-state index >= 15 is 0 Å². The van der Waals surface area contributed by atoms with Crippen LogP contribution < -0.4 is 0 Å². The summed E-state index contributed by atoms with van der Waals surface area (Å²) in [6.45, 7) is 2.82. The van der Waals surface area contributed by atoms with E-state index in [1.54, 1.807) is 4.90 Å². The quantitative estimate of drug-likeness (QED) is 0.598. The molecular formula is C22H20F3N3O2. The molecule has 0 radical (unpaired) electrons. The maximum atomic E-state index is 12.9. The van der Waals surface area contributed by atoms with E-state index in [-0.39, 0.29) is 11.5 Å². The monoisotopic (exact) mass is 415 g/mol. The van der Waals surface area contributed by atoms with Crippen LogP contribution in [0.4, 0.5) is 13.2 Å². The molecule has 2 heterocycles. The Morgan fingerprint density at radius 3 is 2.53 bits per heavy atom. The lowest BCUT2D eigenvalue weighted by Gasteiger charge is -2.30. The summed E-state index contributed by atoms with van der Waals surface area (Å²) < 4.78 is 44.2. The Balaban J connectivity index is 1.41. The van der Waals surface area contributed by atoms with Crippen LogP contribution in [0.1, 0.15) is 46.1 Å². The lowest BCUT2D eigenvalue weighted by atomic mass is 9.96. The van der Waals surface area contributed by atoms with E-state index in [9.17, 15) is 18.0 Å². The summed E-state index contributed by atoms with van der Waals surface area (Å²) in [5, 5.41) is 4.06. The Kier molecular flexibility index (Phi) is 5.32. The van der Waals surface area contributed by atoms with Gasteiger partial charge in [0.25, 0.3) is 5.91 Å². The molecule has 0 N–H and O–H groups in total. The fraction of sp³-hybridized carbons (Fsp3) is 0.318. The molecule has 8 heteroatoms. The van der Waals surface area contributed by atoms with Gasteiger partial charge in [0, 0.05) is 30.1 Å². The van der Waals surface area contributed by atoms with Gasteiger partial charge in [0.05, 0.1) is 5.56 Å². The Bertz CT molecular complexity index is 1050. The molecule has 1 aliphatic heterocycles. The molecule has 1 aliphatic rings. The number of carbonyl (C=O) groups is 1. The van der Waals surface area contributed by atoms with E-state index in [1.165, 1.54) is 12.1 Å². The number of rotatable bonds is 3. The van der Waals surface area contributed by atoms with Gasteiger partial charge in [0.2, 0.25) is 11.7 Å². The molecule has 0 spiro atoms. The van der Waals surface area contributed by atoms with Crippen molar-refractivity contribution in [3.63, 3.8) is 0 Å². The minimum Gasteiger partial charge on any atom is -0.339 e. The minimum atomic E-state index is -4.48. The number of nitrogens with zero attached hydrogens (tertiary/aromatic N) is 3. The second-order valence-corrected chi connectivity index (χ2v) is 7.47. The highest BCUT2D eigenvalue weighted by Gasteiger charge is 2.32. The molecule has 0 bridgehead atoms. The van der Waals surface area contributed by atoms with Gasteiger partial charge in [0.15, 0.2) is 0 Å². The molecule has 0 aliphatic carbocycles. The number of carbonyl (C=O) groups excluding carboxylic acids is 1. The number of alkyl halides is 3. The van der Waals surface area contributed by atoms with Gasteiger partial charge in [-0.05, 0) is 44.0 Å². The molecule has 4 rings (SSSR count). The average Bonchev–Trinajstić information content (AvgIpc) is 3.23. The van der Waals surface area contributed by atoms with Crippen LogP contribution in [0, 0.1) is 6.92 Å². The topological polar surface area (TPSA) is 59.2 Å². The van der Waals surface area contributed by atoms with Crippen molar-refractivity contribution in [2.24, 2.45) is 0 Å². The molecule has 1 saturated heterocycles. The smallest absolute Gasteiger partial charge is 0.339 e. The maximum Gasteiger partial charge on any atom is 0.416 e. The van der Waals surface area contributed by atoms with Gasteiger partial charge < -0.3 is 9.42 Å². The van der Waals surface area contributed by atoms with Gasteiger partial charge in [-0.15, -0.1) is 0 Å². The number of aromatic nitrogens is 2. The normalized spacial score (nSPS) is 15.4. The molecule has 1 fully saturated rings. The highest BCUT2D eigenvalue weighted by molar-refractivity contribution is 5.94. The zero-order valence-corrected chi connectivity index (χ0v) is 16.3. The molecule has 3 aromatic rings. The van der Waals surface area contributed by atoms with Gasteiger partial charge >= 0.3 is 6.18 Å². The first kappa shape index (κ1) is 20.1. The molecule has 0 atom stereocenters. The Hall–Kier alpha value is -3.16. The molecule has 1 aromatic heterocycles. The molecule has 0 unspecified atom stereocenters. The summed E-state index contributed by atoms with van der Waals surface area (Å²) in [6.07, 6.45) is -3.25. The summed E-state index contributed by atoms with van der Waals surface area (Å²) in [7, 11) is 0. The van der Waals surface area contributed by atoms with Gasteiger partial charge in [-0.25, -0.2) is 0 Å². The van der Waals surface area contributed by atoms with Crippen molar-refractivity contribution < 1.29 is 22.5 Å². The SMILES string of the molecule is Cc1cccc(-c2noc(C3CCN(C(=O)c4cccc(C(F)(F)F)c4)CC3)n2)c1. The van der Waals surface area contributed by atoms with E-state index in [2.05, 4.69) is 10.1 Å². The zero-order valence-electron chi connectivity index (χ0n) is 16.3. The number of benzene rings is 2. The first-order chi connectivity index (χ1) is 14.3. The number of hydrogen-bond donors (Lipinski definition) is 0. The highest BCUT2D eigenvalue weighted by Crippen LogP contribution is 2.31. The van der Waals surface area contributed by atoms with Crippen LogP contribution in [0.2, 0.25) is 0 Å². The van der Waals surface area contributed by atoms with Crippen molar-refractivity contribution in [3.05, 3.63) is 71.1 Å². The maximum absolute atomic E-state index is 12.9. The molecule has 0 saturated carbocycles. The molecule has 2 aromatic carbocycles. The molecule has 5 nitrogen and oxygen atoms in total. The second kappa shape index (κ2) is 7.93. The molecule has 30 heavy (non-hydrogen) atoms. The molecular weight excluding hydrogens is 395 g/mol. The highest BCUT2D eigenvalue weighted by atomic mass is 19.4.